The van der Waals surface area contributed by atoms with Crippen LogP contribution in [0.15, 0.2) is 0 Å². The molecule has 0 unspecified atom stereocenters. The Bertz CT molecular complexity index is 373. The number of nitrogens with zero attached hydrogens (tertiary/aromatic N) is 1. The Morgan fingerprint density at radius 3 is 1.42 bits per heavy atom. The average molecular weight is 373 g/mol. The fourth-order valence-corrected chi connectivity index (χ4v) is 2.54. The van der Waals surface area contributed by atoms with Crippen molar-refractivity contribution in [3.63, 3.8) is 0 Å². The van der Waals surface area contributed by atoms with Crippen LogP contribution in [0.25, 0.3) is 0 Å². The molecule has 0 aliphatic carbocycles. The molecule has 0 atom stereocenters. The molecular weight excluding hydrogens is 330 g/mol. The van der Waals surface area contributed by atoms with Crippen molar-refractivity contribution >= 4 is 11.9 Å². The first-order valence-corrected chi connectivity index (χ1v) is 10.1. The van der Waals surface area contributed by atoms with Crippen LogP contribution in [0.3, 0.4) is 0 Å². The van der Waals surface area contributed by atoms with Crippen molar-refractivity contribution in [2.24, 2.45) is 5.41 Å². The molecule has 0 aromatic heterocycles. The molecule has 0 rings (SSSR count). The van der Waals surface area contributed by atoms with Crippen molar-refractivity contribution in [1.29, 1.82) is 0 Å². The molecular formula is C21H42NO4-. The van der Waals surface area contributed by atoms with Gasteiger partial charge in [-0.1, -0.05) is 85.0 Å². The molecule has 0 spiro atoms. The SMILES string of the molecule is CCCCCCCCCCCCC(C)(C)C(=O)[O-].C[N+](C)(C)CC(=O)[O-]. The number of likely N-dealkylation sites (N-methyl/N-ethyl adjacent to an activating group) is 1. The second-order valence-electron chi connectivity index (χ2n) is 8.92. The molecule has 0 N–H and O–H groups in total. The van der Waals surface area contributed by atoms with E-state index in [9.17, 15) is 19.8 Å². The average Bonchev–Trinajstić information content (AvgIpc) is 2.47. The van der Waals surface area contributed by atoms with E-state index in [0.717, 1.165) is 19.3 Å². The van der Waals surface area contributed by atoms with Gasteiger partial charge in [-0.15, -0.1) is 0 Å². The van der Waals surface area contributed by atoms with E-state index in [1.807, 2.05) is 0 Å². The molecule has 0 aliphatic heterocycles. The molecule has 0 fully saturated rings. The molecule has 0 saturated heterocycles. The van der Waals surface area contributed by atoms with Crippen LogP contribution < -0.4 is 10.2 Å². The zero-order chi connectivity index (χ0) is 20.6. The molecule has 0 aromatic carbocycles. The number of carbonyl (C=O) groups is 2. The molecule has 5 heteroatoms. The largest absolute Gasteiger partial charge is 0.550 e. The van der Waals surface area contributed by atoms with Crippen LogP contribution in [-0.2, 0) is 9.59 Å². The lowest BCUT2D eigenvalue weighted by Crippen LogP contribution is -2.45. The summed E-state index contributed by atoms with van der Waals surface area (Å²) in [7, 11) is 5.40. The summed E-state index contributed by atoms with van der Waals surface area (Å²) >= 11 is 0. The first-order valence-electron chi connectivity index (χ1n) is 10.1. The van der Waals surface area contributed by atoms with E-state index in [2.05, 4.69) is 6.92 Å². The third kappa shape index (κ3) is 20.9. The van der Waals surface area contributed by atoms with Gasteiger partial charge in [-0.3, -0.25) is 0 Å². The Balaban J connectivity index is 0. The van der Waals surface area contributed by atoms with Gasteiger partial charge in [-0.25, -0.2) is 0 Å². The van der Waals surface area contributed by atoms with Gasteiger partial charge in [-0.2, -0.15) is 0 Å². The van der Waals surface area contributed by atoms with Crippen LogP contribution in [0.2, 0.25) is 0 Å². The van der Waals surface area contributed by atoms with Gasteiger partial charge in [0, 0.05) is 11.4 Å². The van der Waals surface area contributed by atoms with E-state index in [1.54, 1.807) is 35.0 Å². The highest BCUT2D eigenvalue weighted by Gasteiger charge is 2.18. The Kier molecular flexibility index (Phi) is 15.7. The summed E-state index contributed by atoms with van der Waals surface area (Å²) < 4.78 is 0.419. The molecule has 26 heavy (non-hydrogen) atoms. The molecule has 0 aromatic rings. The Hall–Kier alpha value is -1.10. The summed E-state index contributed by atoms with van der Waals surface area (Å²) in [6.45, 7) is 5.83. The summed E-state index contributed by atoms with van der Waals surface area (Å²) in [5, 5.41) is 20.7. The zero-order valence-electron chi connectivity index (χ0n) is 18.1. The summed E-state index contributed by atoms with van der Waals surface area (Å²) in [5.74, 6) is -1.92. The molecule has 5 nitrogen and oxygen atoms in total. The number of unbranched alkanes of at least 4 members (excludes halogenated alkanes) is 9. The van der Waals surface area contributed by atoms with E-state index in [-0.39, 0.29) is 6.54 Å². The molecule has 0 amide bonds. The van der Waals surface area contributed by atoms with Crippen molar-refractivity contribution in [2.45, 2.75) is 91.4 Å². The summed E-state index contributed by atoms with van der Waals surface area (Å²) in [6.07, 6.45) is 13.6. The van der Waals surface area contributed by atoms with Crippen LogP contribution in [0.4, 0.5) is 0 Å². The van der Waals surface area contributed by atoms with Gasteiger partial charge in [0.05, 0.1) is 27.1 Å². The fraction of sp³-hybridized carbons (Fsp3) is 0.905. The number of aliphatic carboxylic acids is 2. The van der Waals surface area contributed by atoms with E-state index in [0.29, 0.717) is 4.48 Å². The number of carboxylic acid groups (broad SMARTS) is 2. The quantitative estimate of drug-likeness (QED) is 0.347. The van der Waals surface area contributed by atoms with Gasteiger partial charge < -0.3 is 24.3 Å². The van der Waals surface area contributed by atoms with Gasteiger partial charge in [0.15, 0.2) is 0 Å². The predicted molar refractivity (Wildman–Crippen MR) is 103 cm³/mol. The maximum atomic E-state index is 10.8. The van der Waals surface area contributed by atoms with Crippen molar-refractivity contribution in [3.8, 4) is 0 Å². The van der Waals surface area contributed by atoms with Crippen molar-refractivity contribution in [3.05, 3.63) is 0 Å². The minimum atomic E-state index is -1.00. The maximum Gasteiger partial charge on any atom is 0.118 e. The molecule has 0 saturated carbocycles. The number of quaternary nitrogens is 1. The molecule has 0 aliphatic rings. The topological polar surface area (TPSA) is 80.3 Å². The third-order valence-corrected chi connectivity index (χ3v) is 4.31. The van der Waals surface area contributed by atoms with Crippen molar-refractivity contribution in [1.82, 2.24) is 0 Å². The van der Waals surface area contributed by atoms with Gasteiger partial charge in [-0.05, 0) is 6.42 Å². The first-order chi connectivity index (χ1) is 11.9. The van der Waals surface area contributed by atoms with E-state index < -0.39 is 17.4 Å². The number of hydrogen-bond donors (Lipinski definition) is 0. The molecule has 0 heterocycles. The van der Waals surface area contributed by atoms with Crippen LogP contribution in [0.5, 0.6) is 0 Å². The number of carboxylic acids is 2. The minimum absolute atomic E-state index is 0.0694. The minimum Gasteiger partial charge on any atom is -0.550 e. The molecule has 156 valence electrons. The van der Waals surface area contributed by atoms with Crippen LogP contribution in [0, 0.1) is 5.41 Å². The second kappa shape index (κ2) is 15.0. The fourth-order valence-electron chi connectivity index (χ4n) is 2.54. The third-order valence-electron chi connectivity index (χ3n) is 4.31. The van der Waals surface area contributed by atoms with Gasteiger partial charge >= 0.3 is 0 Å². The number of hydrogen-bond acceptors (Lipinski definition) is 4. The van der Waals surface area contributed by atoms with E-state index >= 15 is 0 Å². The lowest BCUT2D eigenvalue weighted by atomic mass is 9.87. The van der Waals surface area contributed by atoms with Gasteiger partial charge in [0.2, 0.25) is 0 Å². The molecule has 0 bridgehead atoms. The van der Waals surface area contributed by atoms with Gasteiger partial charge in [0.25, 0.3) is 0 Å². The highest BCUT2D eigenvalue weighted by molar-refractivity contribution is 5.71. The zero-order valence-corrected chi connectivity index (χ0v) is 18.1. The summed E-state index contributed by atoms with van der Waals surface area (Å²) in [6, 6.07) is 0. The Morgan fingerprint density at radius 1 is 0.769 bits per heavy atom. The van der Waals surface area contributed by atoms with Crippen LogP contribution >= 0.6 is 0 Å². The highest BCUT2D eigenvalue weighted by Crippen LogP contribution is 2.23. The first kappa shape index (κ1) is 27.1. The number of carbonyl (C=O) groups excluding carboxylic acids is 2. The Morgan fingerprint density at radius 2 is 1.15 bits per heavy atom. The predicted octanol–water partition coefficient (Wildman–Crippen LogP) is 2.52. The van der Waals surface area contributed by atoms with E-state index in [1.165, 1.54) is 51.4 Å². The van der Waals surface area contributed by atoms with Crippen LogP contribution in [0.1, 0.15) is 91.4 Å². The number of rotatable bonds is 14. The lowest BCUT2D eigenvalue weighted by molar-refractivity contribution is -0.864. The van der Waals surface area contributed by atoms with Gasteiger partial charge in [0.1, 0.15) is 6.54 Å². The summed E-state index contributed by atoms with van der Waals surface area (Å²) in [5.41, 5.74) is -0.653. The van der Waals surface area contributed by atoms with Crippen molar-refractivity contribution < 1.29 is 24.3 Å². The monoisotopic (exact) mass is 372 g/mol. The maximum absolute atomic E-state index is 10.8. The smallest absolute Gasteiger partial charge is 0.118 e. The molecule has 0 radical (unpaired) electrons. The standard InChI is InChI=1S/C16H32O2.C5H11NO2/c1-4-5-6-7-8-9-10-11-12-13-14-16(2,3)15(17)18;1-6(2,3)4-5(7)8/h4-14H2,1-3H3,(H,17,18);4H2,1-3H3/p-1. The lowest BCUT2D eigenvalue weighted by Gasteiger charge is -2.25. The Labute approximate surface area is 161 Å². The van der Waals surface area contributed by atoms with E-state index in [4.69, 9.17) is 0 Å². The normalized spacial score (nSPS) is 11.6. The van der Waals surface area contributed by atoms with Crippen molar-refractivity contribution in [2.75, 3.05) is 27.7 Å². The second-order valence-corrected chi connectivity index (χ2v) is 8.92. The summed E-state index contributed by atoms with van der Waals surface area (Å²) in [4.78, 5) is 20.7. The van der Waals surface area contributed by atoms with Crippen LogP contribution in [-0.4, -0.2) is 44.1 Å². The highest BCUT2D eigenvalue weighted by atomic mass is 16.4.